The molecule has 1 saturated carbocycles. The van der Waals surface area contributed by atoms with Crippen LogP contribution in [0.3, 0.4) is 0 Å². The van der Waals surface area contributed by atoms with Gasteiger partial charge < -0.3 is 10.1 Å². The first-order valence-corrected chi connectivity index (χ1v) is 8.96. The van der Waals surface area contributed by atoms with Gasteiger partial charge in [0.2, 0.25) is 0 Å². The fourth-order valence-corrected chi connectivity index (χ4v) is 4.14. The molecule has 1 N–H and O–H groups in total. The largest absolute Gasteiger partial charge is 0.373 e. The van der Waals surface area contributed by atoms with Crippen molar-refractivity contribution in [2.24, 2.45) is 5.92 Å². The Balaban J connectivity index is 1.87. The van der Waals surface area contributed by atoms with Crippen molar-refractivity contribution in [2.45, 2.75) is 72.1 Å². The summed E-state index contributed by atoms with van der Waals surface area (Å²) in [5.74, 6) is 0.781. The van der Waals surface area contributed by atoms with E-state index in [2.05, 4.69) is 32.2 Å². The highest BCUT2D eigenvalue weighted by Crippen LogP contribution is 2.31. The molecule has 0 aliphatic heterocycles. The van der Waals surface area contributed by atoms with Gasteiger partial charge in [0.15, 0.2) is 0 Å². The fourth-order valence-electron chi connectivity index (χ4n) is 3.12. The molecular formula is C17H29NOS. The number of hydrogen-bond donors (Lipinski definition) is 1. The standard InChI is InChI=1S/C17H29NOS/c1-4-14-8-6-7-9-17(14)19-12-15-10-16(11-18-5-2)20-13(15)3/h10,14,17-18H,4-9,11-12H2,1-3H3. The summed E-state index contributed by atoms with van der Waals surface area (Å²) in [4.78, 5) is 2.85. The van der Waals surface area contributed by atoms with Crippen LogP contribution in [0, 0.1) is 12.8 Å². The second-order valence-corrected chi connectivity index (χ2v) is 7.22. The summed E-state index contributed by atoms with van der Waals surface area (Å²) in [5.41, 5.74) is 1.39. The molecule has 20 heavy (non-hydrogen) atoms. The van der Waals surface area contributed by atoms with Crippen LogP contribution in [0.4, 0.5) is 0 Å². The average Bonchev–Trinajstić information content (AvgIpc) is 2.83. The molecular weight excluding hydrogens is 266 g/mol. The minimum Gasteiger partial charge on any atom is -0.373 e. The first kappa shape index (κ1) is 16.0. The molecule has 114 valence electrons. The highest BCUT2D eigenvalue weighted by Gasteiger charge is 2.24. The van der Waals surface area contributed by atoms with E-state index in [1.165, 1.54) is 47.4 Å². The minimum atomic E-state index is 0.491. The Morgan fingerprint density at radius 3 is 2.85 bits per heavy atom. The summed E-state index contributed by atoms with van der Waals surface area (Å²) < 4.78 is 6.26. The van der Waals surface area contributed by atoms with E-state index < -0.39 is 0 Å². The van der Waals surface area contributed by atoms with Gasteiger partial charge in [0.1, 0.15) is 0 Å². The molecule has 0 bridgehead atoms. The predicted octanol–water partition coefficient (Wildman–Crippen LogP) is 4.65. The number of aryl methyl sites for hydroxylation is 1. The van der Waals surface area contributed by atoms with Crippen molar-refractivity contribution < 1.29 is 4.74 Å². The molecule has 0 saturated heterocycles. The molecule has 1 fully saturated rings. The molecule has 3 heteroatoms. The van der Waals surface area contributed by atoms with Crippen molar-refractivity contribution in [1.29, 1.82) is 0 Å². The number of ether oxygens (including phenoxy) is 1. The van der Waals surface area contributed by atoms with E-state index in [4.69, 9.17) is 4.74 Å². The fraction of sp³-hybridized carbons (Fsp3) is 0.765. The van der Waals surface area contributed by atoms with Gasteiger partial charge in [-0.2, -0.15) is 0 Å². The van der Waals surface area contributed by atoms with E-state index >= 15 is 0 Å². The highest BCUT2D eigenvalue weighted by molar-refractivity contribution is 7.12. The van der Waals surface area contributed by atoms with Crippen molar-refractivity contribution in [1.82, 2.24) is 5.32 Å². The Bertz CT molecular complexity index is 402. The van der Waals surface area contributed by atoms with Gasteiger partial charge in [0, 0.05) is 16.3 Å². The van der Waals surface area contributed by atoms with Crippen LogP contribution in [0.2, 0.25) is 0 Å². The summed E-state index contributed by atoms with van der Waals surface area (Å²) in [6.45, 7) is 9.49. The number of rotatable bonds is 7. The Morgan fingerprint density at radius 1 is 1.30 bits per heavy atom. The van der Waals surface area contributed by atoms with Crippen LogP contribution < -0.4 is 5.32 Å². The lowest BCUT2D eigenvalue weighted by atomic mass is 9.85. The molecule has 0 radical (unpaired) electrons. The molecule has 1 heterocycles. The first-order chi connectivity index (χ1) is 9.74. The van der Waals surface area contributed by atoms with Gasteiger partial charge in [0.05, 0.1) is 12.7 Å². The van der Waals surface area contributed by atoms with Crippen molar-refractivity contribution in [3.63, 3.8) is 0 Å². The van der Waals surface area contributed by atoms with Gasteiger partial charge in [-0.3, -0.25) is 0 Å². The summed E-state index contributed by atoms with van der Waals surface area (Å²) in [6, 6.07) is 2.33. The van der Waals surface area contributed by atoms with E-state index in [0.717, 1.165) is 25.6 Å². The van der Waals surface area contributed by atoms with Crippen LogP contribution >= 0.6 is 11.3 Å². The van der Waals surface area contributed by atoms with E-state index in [9.17, 15) is 0 Å². The second-order valence-electron chi connectivity index (χ2n) is 5.88. The van der Waals surface area contributed by atoms with Gasteiger partial charge in [-0.15, -0.1) is 11.3 Å². The maximum atomic E-state index is 6.26. The third-order valence-electron chi connectivity index (χ3n) is 4.44. The molecule has 2 rings (SSSR count). The average molecular weight is 295 g/mol. The van der Waals surface area contributed by atoms with Crippen LogP contribution in [-0.2, 0) is 17.9 Å². The molecule has 2 nitrogen and oxygen atoms in total. The van der Waals surface area contributed by atoms with Gasteiger partial charge in [-0.05, 0) is 43.9 Å². The molecule has 1 aromatic rings. The Kier molecular flexibility index (Phi) is 6.53. The van der Waals surface area contributed by atoms with E-state index in [1.807, 2.05) is 11.3 Å². The molecule has 1 aromatic heterocycles. The van der Waals surface area contributed by atoms with Crippen LogP contribution in [0.5, 0.6) is 0 Å². The Hall–Kier alpha value is -0.380. The molecule has 0 amide bonds. The second kappa shape index (κ2) is 8.16. The van der Waals surface area contributed by atoms with Crippen LogP contribution in [0.25, 0.3) is 0 Å². The van der Waals surface area contributed by atoms with Crippen LogP contribution in [0.15, 0.2) is 6.07 Å². The lowest BCUT2D eigenvalue weighted by Gasteiger charge is -2.30. The van der Waals surface area contributed by atoms with Crippen LogP contribution in [0.1, 0.15) is 61.3 Å². The lowest BCUT2D eigenvalue weighted by Crippen LogP contribution is -2.27. The number of nitrogens with one attached hydrogen (secondary N) is 1. The maximum absolute atomic E-state index is 6.26. The number of hydrogen-bond acceptors (Lipinski definition) is 3. The zero-order valence-electron chi connectivity index (χ0n) is 13.2. The number of thiophene rings is 1. The SMILES string of the molecule is CCNCc1cc(COC2CCCCC2CC)c(C)s1. The lowest BCUT2D eigenvalue weighted by molar-refractivity contribution is -0.0222. The summed E-state index contributed by atoms with van der Waals surface area (Å²) in [7, 11) is 0. The smallest absolute Gasteiger partial charge is 0.0731 e. The monoisotopic (exact) mass is 295 g/mol. The predicted molar refractivity (Wildman–Crippen MR) is 87.3 cm³/mol. The highest BCUT2D eigenvalue weighted by atomic mass is 32.1. The van der Waals surface area contributed by atoms with Crippen molar-refractivity contribution in [3.8, 4) is 0 Å². The minimum absolute atomic E-state index is 0.491. The molecule has 0 spiro atoms. The zero-order chi connectivity index (χ0) is 14.4. The van der Waals surface area contributed by atoms with Crippen molar-refractivity contribution >= 4 is 11.3 Å². The normalized spacial score (nSPS) is 23.1. The molecule has 2 unspecified atom stereocenters. The Labute approximate surface area is 127 Å². The van der Waals surface area contributed by atoms with Gasteiger partial charge in [-0.1, -0.05) is 33.1 Å². The van der Waals surface area contributed by atoms with E-state index in [-0.39, 0.29) is 0 Å². The summed E-state index contributed by atoms with van der Waals surface area (Å²) in [6.07, 6.45) is 7.10. The molecule has 2 atom stereocenters. The van der Waals surface area contributed by atoms with Gasteiger partial charge in [-0.25, -0.2) is 0 Å². The van der Waals surface area contributed by atoms with Gasteiger partial charge in [0.25, 0.3) is 0 Å². The quantitative estimate of drug-likeness (QED) is 0.790. The molecule has 1 aliphatic carbocycles. The first-order valence-electron chi connectivity index (χ1n) is 8.15. The van der Waals surface area contributed by atoms with Gasteiger partial charge >= 0.3 is 0 Å². The zero-order valence-corrected chi connectivity index (χ0v) is 14.0. The van der Waals surface area contributed by atoms with Crippen LogP contribution in [-0.4, -0.2) is 12.6 Å². The third-order valence-corrected chi connectivity index (χ3v) is 5.53. The third kappa shape index (κ3) is 4.31. The Morgan fingerprint density at radius 2 is 2.10 bits per heavy atom. The van der Waals surface area contributed by atoms with Crippen molar-refractivity contribution in [2.75, 3.05) is 6.54 Å². The van der Waals surface area contributed by atoms with E-state index in [1.54, 1.807) is 0 Å². The van der Waals surface area contributed by atoms with E-state index in [0.29, 0.717) is 6.10 Å². The van der Waals surface area contributed by atoms with Crippen molar-refractivity contribution in [3.05, 3.63) is 21.4 Å². The molecule has 1 aliphatic rings. The maximum Gasteiger partial charge on any atom is 0.0731 e. The molecule has 0 aromatic carbocycles. The summed E-state index contributed by atoms with van der Waals surface area (Å²) >= 11 is 1.90. The topological polar surface area (TPSA) is 21.3 Å². The summed E-state index contributed by atoms with van der Waals surface area (Å²) in [5, 5.41) is 3.40.